The van der Waals surface area contributed by atoms with Gasteiger partial charge in [0.05, 0.1) is 17.9 Å². The molecule has 2 heterocycles. The van der Waals surface area contributed by atoms with Crippen LogP contribution in [0.15, 0.2) is 54.6 Å². The largest absolute Gasteiger partial charge is 0.462 e. The first-order valence-electron chi connectivity index (χ1n) is 13.5. The van der Waals surface area contributed by atoms with E-state index in [-0.39, 0.29) is 43.1 Å². The van der Waals surface area contributed by atoms with Gasteiger partial charge in [0, 0.05) is 36.8 Å². The van der Waals surface area contributed by atoms with Crippen molar-refractivity contribution in [2.24, 2.45) is 0 Å². The summed E-state index contributed by atoms with van der Waals surface area (Å²) in [6.07, 6.45) is -3.39. The van der Waals surface area contributed by atoms with Crippen LogP contribution in [0.5, 0.6) is 0 Å². The van der Waals surface area contributed by atoms with Gasteiger partial charge in [0.1, 0.15) is 11.3 Å². The Balaban J connectivity index is 1.62. The molecule has 4 rings (SSSR count). The quantitative estimate of drug-likeness (QED) is 0.360. The fourth-order valence-corrected chi connectivity index (χ4v) is 4.77. The Kier molecular flexibility index (Phi) is 9.05. The fourth-order valence-electron chi connectivity index (χ4n) is 4.77. The fraction of sp³-hybridized carbons (Fsp3) is 0.367. The molecule has 0 spiro atoms. The van der Waals surface area contributed by atoms with Crippen LogP contribution >= 0.6 is 0 Å². The van der Waals surface area contributed by atoms with Crippen LogP contribution in [0.1, 0.15) is 69.7 Å². The second-order valence-electron chi connectivity index (χ2n) is 9.73. The number of hydrogen-bond acceptors (Lipinski definition) is 6. The average Bonchev–Trinajstić information content (AvgIpc) is 2.96. The van der Waals surface area contributed by atoms with Gasteiger partial charge < -0.3 is 14.5 Å². The molecule has 1 fully saturated rings. The SMILES string of the molecule is CCCc1nc(-c2ccccc2)nc(C(=O)N2CCN(C(=O)c3ccc(C(F)(F)F)cc3)C(C)C2)c1C(=O)OCC. The van der Waals surface area contributed by atoms with E-state index in [1.807, 2.05) is 37.3 Å². The highest BCUT2D eigenvalue weighted by atomic mass is 19.4. The Bertz CT molecular complexity index is 1410. The summed E-state index contributed by atoms with van der Waals surface area (Å²) < 4.78 is 44.1. The number of alkyl halides is 3. The average molecular weight is 569 g/mol. The number of aromatic nitrogens is 2. The Hall–Kier alpha value is -4.28. The van der Waals surface area contributed by atoms with Crippen molar-refractivity contribution in [1.29, 1.82) is 0 Å². The Morgan fingerprint density at radius 2 is 1.63 bits per heavy atom. The molecule has 2 amide bonds. The van der Waals surface area contributed by atoms with E-state index in [9.17, 15) is 27.6 Å². The zero-order chi connectivity index (χ0) is 29.7. The van der Waals surface area contributed by atoms with Crippen LogP contribution in [-0.4, -0.2) is 69.8 Å². The highest BCUT2D eigenvalue weighted by molar-refractivity contribution is 6.05. The molecular formula is C30H31F3N4O4. The van der Waals surface area contributed by atoms with Crippen LogP contribution in [-0.2, 0) is 17.3 Å². The molecule has 41 heavy (non-hydrogen) atoms. The van der Waals surface area contributed by atoms with Crippen LogP contribution in [0, 0.1) is 0 Å². The van der Waals surface area contributed by atoms with Crippen molar-refractivity contribution >= 4 is 17.8 Å². The number of hydrogen-bond donors (Lipinski definition) is 0. The van der Waals surface area contributed by atoms with E-state index in [0.717, 1.165) is 24.3 Å². The standard InChI is InChI=1S/C30H31F3N4O4/c1-4-9-23-24(29(40)41-5-2)25(35-26(34-23)20-10-7-6-8-11-20)28(39)36-16-17-37(19(3)18-36)27(38)21-12-14-22(15-13-21)30(31,32)33/h6-8,10-15,19H,4-5,9,16-18H2,1-3H3. The number of aryl methyl sites for hydroxylation is 1. The maximum atomic E-state index is 13.9. The van der Waals surface area contributed by atoms with Gasteiger partial charge in [-0.2, -0.15) is 13.2 Å². The van der Waals surface area contributed by atoms with Crippen molar-refractivity contribution in [2.45, 2.75) is 45.8 Å². The normalized spacial score (nSPS) is 15.5. The summed E-state index contributed by atoms with van der Waals surface area (Å²) in [5, 5.41) is 0. The first-order valence-corrected chi connectivity index (χ1v) is 13.5. The van der Waals surface area contributed by atoms with Gasteiger partial charge in [-0.1, -0.05) is 43.7 Å². The summed E-state index contributed by atoms with van der Waals surface area (Å²) in [6.45, 7) is 5.92. The number of carbonyl (C=O) groups is 3. The molecule has 8 nitrogen and oxygen atoms in total. The number of amides is 2. The highest BCUT2D eigenvalue weighted by Crippen LogP contribution is 2.30. The zero-order valence-electron chi connectivity index (χ0n) is 23.1. The summed E-state index contributed by atoms with van der Waals surface area (Å²) in [5.41, 5.74) is 0.380. The molecule has 216 valence electrons. The number of nitrogens with zero attached hydrogens (tertiary/aromatic N) is 4. The van der Waals surface area contributed by atoms with Crippen LogP contribution in [0.25, 0.3) is 11.4 Å². The minimum Gasteiger partial charge on any atom is -0.462 e. The zero-order valence-corrected chi connectivity index (χ0v) is 23.1. The van der Waals surface area contributed by atoms with Gasteiger partial charge in [-0.25, -0.2) is 14.8 Å². The van der Waals surface area contributed by atoms with Gasteiger partial charge in [0.15, 0.2) is 5.82 Å². The van der Waals surface area contributed by atoms with Crippen molar-refractivity contribution < 1.29 is 32.3 Å². The van der Waals surface area contributed by atoms with E-state index in [1.54, 1.807) is 13.8 Å². The van der Waals surface area contributed by atoms with Crippen LogP contribution in [0.4, 0.5) is 13.2 Å². The number of ether oxygens (including phenoxy) is 1. The third-order valence-corrected chi connectivity index (χ3v) is 6.82. The predicted molar refractivity (Wildman–Crippen MR) is 145 cm³/mol. The molecule has 0 saturated carbocycles. The van der Waals surface area contributed by atoms with E-state index in [2.05, 4.69) is 9.97 Å². The van der Waals surface area contributed by atoms with E-state index >= 15 is 0 Å². The summed E-state index contributed by atoms with van der Waals surface area (Å²) in [7, 11) is 0. The van der Waals surface area contributed by atoms with Gasteiger partial charge in [-0.05, 0) is 44.5 Å². The van der Waals surface area contributed by atoms with Crippen molar-refractivity contribution in [1.82, 2.24) is 19.8 Å². The smallest absolute Gasteiger partial charge is 0.416 e. The summed E-state index contributed by atoms with van der Waals surface area (Å²) in [4.78, 5) is 52.3. The molecule has 3 aromatic rings. The highest BCUT2D eigenvalue weighted by Gasteiger charge is 2.35. The third kappa shape index (κ3) is 6.55. The summed E-state index contributed by atoms with van der Waals surface area (Å²) in [5.74, 6) is -1.28. The number of halogens is 3. The lowest BCUT2D eigenvalue weighted by molar-refractivity contribution is -0.137. The molecule has 1 unspecified atom stereocenters. The van der Waals surface area contributed by atoms with Crippen LogP contribution in [0.3, 0.4) is 0 Å². The number of carbonyl (C=O) groups excluding carboxylic acids is 3. The van der Waals surface area contributed by atoms with Crippen LogP contribution < -0.4 is 0 Å². The first kappa shape index (κ1) is 29.7. The van der Waals surface area contributed by atoms with Gasteiger partial charge >= 0.3 is 12.1 Å². The number of piperazine rings is 1. The maximum Gasteiger partial charge on any atom is 0.416 e. The van der Waals surface area contributed by atoms with Gasteiger partial charge in [0.2, 0.25) is 0 Å². The molecule has 2 aromatic carbocycles. The third-order valence-electron chi connectivity index (χ3n) is 6.82. The molecule has 11 heteroatoms. The summed E-state index contributed by atoms with van der Waals surface area (Å²) in [6, 6.07) is 12.8. The molecule has 0 N–H and O–H groups in total. The molecule has 1 aliphatic heterocycles. The van der Waals surface area contributed by atoms with Gasteiger partial charge in [-0.15, -0.1) is 0 Å². The van der Waals surface area contributed by atoms with Crippen molar-refractivity contribution in [3.05, 3.63) is 82.7 Å². The summed E-state index contributed by atoms with van der Waals surface area (Å²) >= 11 is 0. The van der Waals surface area contributed by atoms with Gasteiger partial charge in [-0.3, -0.25) is 9.59 Å². The first-order chi connectivity index (χ1) is 19.5. The molecule has 1 aromatic heterocycles. The molecular weight excluding hydrogens is 537 g/mol. The molecule has 0 aliphatic carbocycles. The second-order valence-corrected chi connectivity index (χ2v) is 9.73. The Labute approximate surface area is 236 Å². The molecule has 1 saturated heterocycles. The molecule has 0 radical (unpaired) electrons. The lowest BCUT2D eigenvalue weighted by Gasteiger charge is -2.40. The number of esters is 1. The molecule has 0 bridgehead atoms. The van der Waals surface area contributed by atoms with Gasteiger partial charge in [0.25, 0.3) is 11.8 Å². The topological polar surface area (TPSA) is 92.7 Å². The lowest BCUT2D eigenvalue weighted by Crippen LogP contribution is -2.55. The molecule has 1 atom stereocenters. The van der Waals surface area contributed by atoms with Crippen molar-refractivity contribution in [2.75, 3.05) is 26.2 Å². The number of rotatable bonds is 7. The van der Waals surface area contributed by atoms with Crippen molar-refractivity contribution in [3.63, 3.8) is 0 Å². The van der Waals surface area contributed by atoms with E-state index in [1.165, 1.54) is 9.80 Å². The minimum absolute atomic E-state index is 0.0364. The predicted octanol–water partition coefficient (Wildman–Crippen LogP) is 5.28. The van der Waals surface area contributed by atoms with Crippen molar-refractivity contribution in [3.8, 4) is 11.4 Å². The monoisotopic (exact) mass is 568 g/mol. The van der Waals surface area contributed by atoms with E-state index in [4.69, 9.17) is 4.74 Å². The molecule has 1 aliphatic rings. The van der Waals surface area contributed by atoms with E-state index < -0.39 is 35.6 Å². The minimum atomic E-state index is -4.50. The Morgan fingerprint density at radius 3 is 2.22 bits per heavy atom. The Morgan fingerprint density at radius 1 is 0.951 bits per heavy atom. The lowest BCUT2D eigenvalue weighted by atomic mass is 10.0. The van der Waals surface area contributed by atoms with E-state index in [0.29, 0.717) is 29.9 Å². The number of benzene rings is 2. The second kappa shape index (κ2) is 12.5. The maximum absolute atomic E-state index is 13.9. The van der Waals surface area contributed by atoms with Crippen LogP contribution in [0.2, 0.25) is 0 Å².